The summed E-state index contributed by atoms with van der Waals surface area (Å²) in [6.45, 7) is 1.79. The van der Waals surface area contributed by atoms with Crippen LogP contribution >= 0.6 is 0 Å². The van der Waals surface area contributed by atoms with Gasteiger partial charge in [-0.3, -0.25) is 14.5 Å². The Kier molecular flexibility index (Phi) is 4.31. The molecule has 0 aliphatic rings. The van der Waals surface area contributed by atoms with Gasteiger partial charge in [0.15, 0.2) is 17.3 Å². The Hall–Kier alpha value is -3.82. The minimum Gasteiger partial charge on any atom is -0.490 e. The molecule has 0 bridgehead atoms. The maximum atomic E-state index is 11.5. The number of carbonyl (C=O) groups is 1. The SMILES string of the molecule is COc1ccc(N=Nc2c(C(=O)O)nc3c(C)cccn23)cc1[N+](=O)[O-]. The van der Waals surface area contributed by atoms with Crippen LogP contribution in [-0.4, -0.2) is 32.5 Å². The van der Waals surface area contributed by atoms with Crippen LogP contribution in [0.3, 0.4) is 0 Å². The van der Waals surface area contributed by atoms with Crippen molar-refractivity contribution in [1.82, 2.24) is 9.38 Å². The summed E-state index contributed by atoms with van der Waals surface area (Å²) in [7, 11) is 1.32. The number of aryl methyl sites for hydroxylation is 1. The number of benzene rings is 1. The van der Waals surface area contributed by atoms with Crippen LogP contribution in [0.2, 0.25) is 0 Å². The van der Waals surface area contributed by atoms with Gasteiger partial charge in [0.05, 0.1) is 17.7 Å². The summed E-state index contributed by atoms with van der Waals surface area (Å²) < 4.78 is 6.43. The number of nitro groups is 1. The van der Waals surface area contributed by atoms with Gasteiger partial charge >= 0.3 is 11.7 Å². The number of carboxylic acids is 1. The van der Waals surface area contributed by atoms with Gasteiger partial charge in [-0.25, -0.2) is 9.78 Å². The number of carboxylic acid groups (broad SMARTS) is 1. The van der Waals surface area contributed by atoms with Crippen LogP contribution in [0.5, 0.6) is 5.75 Å². The monoisotopic (exact) mass is 355 g/mol. The summed E-state index contributed by atoms with van der Waals surface area (Å²) in [4.78, 5) is 26.0. The number of aromatic nitrogens is 2. The fraction of sp³-hybridized carbons (Fsp3) is 0.125. The van der Waals surface area contributed by atoms with Crippen molar-refractivity contribution in [2.45, 2.75) is 6.92 Å². The van der Waals surface area contributed by atoms with E-state index in [4.69, 9.17) is 4.74 Å². The number of hydrogen-bond donors (Lipinski definition) is 1. The Labute approximate surface area is 146 Å². The van der Waals surface area contributed by atoms with E-state index in [-0.39, 0.29) is 28.6 Å². The molecule has 10 nitrogen and oxygen atoms in total. The predicted molar refractivity (Wildman–Crippen MR) is 90.7 cm³/mol. The van der Waals surface area contributed by atoms with Crippen molar-refractivity contribution in [3.8, 4) is 5.75 Å². The van der Waals surface area contributed by atoms with Crippen molar-refractivity contribution in [3.05, 3.63) is 57.9 Å². The normalized spacial score (nSPS) is 11.2. The molecule has 0 aliphatic heterocycles. The van der Waals surface area contributed by atoms with Crippen molar-refractivity contribution in [1.29, 1.82) is 0 Å². The molecule has 0 spiro atoms. The highest BCUT2D eigenvalue weighted by Gasteiger charge is 2.20. The van der Waals surface area contributed by atoms with Gasteiger partial charge in [-0.1, -0.05) is 6.07 Å². The predicted octanol–water partition coefficient (Wildman–Crippen LogP) is 3.67. The molecule has 0 radical (unpaired) electrons. The summed E-state index contributed by atoms with van der Waals surface area (Å²) in [6.07, 6.45) is 1.62. The summed E-state index contributed by atoms with van der Waals surface area (Å²) in [6, 6.07) is 7.58. The fourth-order valence-electron chi connectivity index (χ4n) is 2.42. The third kappa shape index (κ3) is 2.95. The molecular formula is C16H13N5O5. The lowest BCUT2D eigenvalue weighted by molar-refractivity contribution is -0.385. The van der Waals surface area contributed by atoms with Gasteiger partial charge in [-0.2, -0.15) is 0 Å². The van der Waals surface area contributed by atoms with E-state index in [9.17, 15) is 20.0 Å². The zero-order chi connectivity index (χ0) is 18.8. The van der Waals surface area contributed by atoms with Crippen LogP contribution in [0, 0.1) is 17.0 Å². The lowest BCUT2D eigenvalue weighted by Crippen LogP contribution is -1.96. The third-order valence-electron chi connectivity index (χ3n) is 3.64. The molecule has 0 atom stereocenters. The molecule has 132 valence electrons. The number of azo groups is 1. The minimum atomic E-state index is -1.25. The van der Waals surface area contributed by atoms with E-state index in [1.165, 1.54) is 29.7 Å². The second-order valence-electron chi connectivity index (χ2n) is 5.29. The van der Waals surface area contributed by atoms with Crippen LogP contribution in [0.25, 0.3) is 5.65 Å². The second kappa shape index (κ2) is 6.59. The van der Waals surface area contributed by atoms with Gasteiger partial charge in [-0.05, 0) is 30.7 Å². The van der Waals surface area contributed by atoms with E-state index < -0.39 is 10.9 Å². The number of pyridine rings is 1. The van der Waals surface area contributed by atoms with Crippen LogP contribution < -0.4 is 4.74 Å². The zero-order valence-electron chi connectivity index (χ0n) is 13.8. The number of hydrogen-bond acceptors (Lipinski definition) is 7. The van der Waals surface area contributed by atoms with E-state index in [1.807, 2.05) is 0 Å². The summed E-state index contributed by atoms with van der Waals surface area (Å²) >= 11 is 0. The van der Waals surface area contributed by atoms with Gasteiger partial charge in [0.1, 0.15) is 5.65 Å². The molecule has 0 fully saturated rings. The van der Waals surface area contributed by atoms with E-state index in [2.05, 4.69) is 15.2 Å². The maximum Gasteiger partial charge on any atom is 0.358 e. The topological polar surface area (TPSA) is 132 Å². The summed E-state index contributed by atoms with van der Waals surface area (Å²) in [5.41, 5.74) is 0.870. The lowest BCUT2D eigenvalue weighted by atomic mass is 10.2. The molecule has 0 aliphatic carbocycles. The molecule has 1 aromatic carbocycles. The first kappa shape index (κ1) is 17.0. The van der Waals surface area contributed by atoms with Crippen LogP contribution in [0.15, 0.2) is 46.8 Å². The van der Waals surface area contributed by atoms with Gasteiger partial charge in [-0.15, -0.1) is 10.2 Å². The van der Waals surface area contributed by atoms with Crippen molar-refractivity contribution in [2.75, 3.05) is 7.11 Å². The largest absolute Gasteiger partial charge is 0.490 e. The van der Waals surface area contributed by atoms with E-state index >= 15 is 0 Å². The highest BCUT2D eigenvalue weighted by atomic mass is 16.6. The zero-order valence-corrected chi connectivity index (χ0v) is 13.8. The molecule has 0 amide bonds. The first-order valence-corrected chi connectivity index (χ1v) is 7.37. The van der Waals surface area contributed by atoms with Crippen molar-refractivity contribution in [2.24, 2.45) is 10.2 Å². The molecule has 2 aromatic heterocycles. The average molecular weight is 355 g/mol. The Morgan fingerprint density at radius 2 is 2.12 bits per heavy atom. The minimum absolute atomic E-state index is 0.0228. The molecule has 0 unspecified atom stereocenters. The van der Waals surface area contributed by atoms with Gasteiger partial charge in [0.2, 0.25) is 0 Å². The molecule has 3 aromatic rings. The molecule has 3 rings (SSSR count). The van der Waals surface area contributed by atoms with Gasteiger partial charge in [0, 0.05) is 12.3 Å². The van der Waals surface area contributed by atoms with Crippen LogP contribution in [-0.2, 0) is 0 Å². The Morgan fingerprint density at radius 1 is 1.35 bits per heavy atom. The Balaban J connectivity index is 2.10. The first-order valence-electron chi connectivity index (χ1n) is 7.37. The second-order valence-corrected chi connectivity index (χ2v) is 5.29. The highest BCUT2D eigenvalue weighted by Crippen LogP contribution is 2.32. The number of aromatic carboxylic acids is 1. The Morgan fingerprint density at radius 3 is 2.77 bits per heavy atom. The first-order chi connectivity index (χ1) is 12.4. The molecule has 0 saturated carbocycles. The van der Waals surface area contributed by atoms with Crippen LogP contribution in [0.4, 0.5) is 17.2 Å². The maximum absolute atomic E-state index is 11.5. The smallest absolute Gasteiger partial charge is 0.358 e. The third-order valence-corrected chi connectivity index (χ3v) is 3.64. The van der Waals surface area contributed by atoms with Gasteiger partial charge in [0.25, 0.3) is 0 Å². The number of imidazole rings is 1. The van der Waals surface area contributed by atoms with E-state index in [0.717, 1.165) is 5.56 Å². The highest BCUT2D eigenvalue weighted by molar-refractivity contribution is 5.92. The molecule has 26 heavy (non-hydrogen) atoms. The number of methoxy groups -OCH3 is 1. The van der Waals surface area contributed by atoms with E-state index in [1.54, 1.807) is 25.3 Å². The summed E-state index contributed by atoms with van der Waals surface area (Å²) in [5.74, 6) is -1.14. The average Bonchev–Trinajstić information content (AvgIpc) is 3.00. The number of nitro benzene ring substituents is 1. The van der Waals surface area contributed by atoms with Crippen molar-refractivity contribution in [3.63, 3.8) is 0 Å². The molecule has 10 heteroatoms. The Bertz CT molecular complexity index is 1060. The fourth-order valence-corrected chi connectivity index (χ4v) is 2.42. The molecule has 1 N–H and O–H groups in total. The summed E-state index contributed by atoms with van der Waals surface area (Å²) in [5, 5.41) is 28.3. The molecule has 2 heterocycles. The number of rotatable bonds is 5. The standard InChI is InChI=1S/C16H13N5O5/c1-9-4-3-7-20-14(9)17-13(16(22)23)15(20)19-18-10-5-6-12(26-2)11(8-10)21(24)25/h3-8H,1-2H3,(H,22,23). The van der Waals surface area contributed by atoms with Crippen LogP contribution in [0.1, 0.15) is 16.1 Å². The molecular weight excluding hydrogens is 342 g/mol. The number of nitrogens with zero attached hydrogens (tertiary/aromatic N) is 5. The van der Waals surface area contributed by atoms with E-state index in [0.29, 0.717) is 5.65 Å². The number of fused-ring (bicyclic) bond motifs is 1. The molecule has 0 saturated heterocycles. The van der Waals surface area contributed by atoms with Crippen molar-refractivity contribution < 1.29 is 19.6 Å². The lowest BCUT2D eigenvalue weighted by Gasteiger charge is -2.01. The van der Waals surface area contributed by atoms with Gasteiger partial charge < -0.3 is 9.84 Å². The number of ether oxygens (including phenoxy) is 1. The van der Waals surface area contributed by atoms with Crippen molar-refractivity contribution >= 4 is 28.8 Å². The quantitative estimate of drug-likeness (QED) is 0.422.